The highest BCUT2D eigenvalue weighted by Gasteiger charge is 2.18. The topological polar surface area (TPSA) is 58.1 Å². The van der Waals surface area contributed by atoms with Crippen molar-refractivity contribution in [1.29, 1.82) is 0 Å². The molecule has 25 heavy (non-hydrogen) atoms. The molecule has 1 N–H and O–H groups in total. The molecular formula is C20H26N4O. The molecule has 132 valence electrons. The van der Waals surface area contributed by atoms with Gasteiger partial charge in [-0.25, -0.2) is 9.97 Å². The highest BCUT2D eigenvalue weighted by molar-refractivity contribution is 6.04. The molecule has 0 unspecified atom stereocenters. The van der Waals surface area contributed by atoms with Crippen molar-refractivity contribution in [1.82, 2.24) is 9.97 Å². The lowest BCUT2D eigenvalue weighted by Crippen LogP contribution is -2.34. The predicted molar refractivity (Wildman–Crippen MR) is 101 cm³/mol. The van der Waals surface area contributed by atoms with Gasteiger partial charge in [-0.05, 0) is 50.7 Å². The van der Waals surface area contributed by atoms with E-state index in [1.54, 1.807) is 12.4 Å². The predicted octanol–water partition coefficient (Wildman–Crippen LogP) is 3.89. The molecule has 0 spiro atoms. The minimum absolute atomic E-state index is 0.172. The van der Waals surface area contributed by atoms with Crippen LogP contribution in [0.3, 0.4) is 0 Å². The molecule has 0 aliphatic carbocycles. The molecule has 1 saturated heterocycles. The molecule has 1 fully saturated rings. The van der Waals surface area contributed by atoms with Crippen molar-refractivity contribution < 1.29 is 4.79 Å². The number of rotatable bonds is 3. The lowest BCUT2D eigenvalue weighted by molar-refractivity contribution is 0.102. The van der Waals surface area contributed by atoms with Gasteiger partial charge in [-0.2, -0.15) is 0 Å². The summed E-state index contributed by atoms with van der Waals surface area (Å²) in [5.74, 6) is 1.31. The first kappa shape index (κ1) is 17.4. The molecule has 3 rings (SSSR count). The second-order valence-electron chi connectivity index (χ2n) is 7.17. The number of hydrogen-bond acceptors (Lipinski definition) is 4. The Kier molecular flexibility index (Phi) is 5.02. The third kappa shape index (κ3) is 3.98. The van der Waals surface area contributed by atoms with Crippen LogP contribution in [0, 0.1) is 26.7 Å². The minimum Gasteiger partial charge on any atom is -0.341 e. The van der Waals surface area contributed by atoms with Crippen molar-refractivity contribution in [3.63, 3.8) is 0 Å². The summed E-state index contributed by atoms with van der Waals surface area (Å²) in [6, 6.07) is 4.14. The Bertz CT molecular complexity index is 739. The van der Waals surface area contributed by atoms with Crippen LogP contribution in [0.1, 0.15) is 46.8 Å². The summed E-state index contributed by atoms with van der Waals surface area (Å²) in [5, 5.41) is 2.99. The number of aromatic nitrogens is 2. The number of aryl methyl sites for hydroxylation is 3. The highest BCUT2D eigenvalue weighted by Crippen LogP contribution is 2.23. The van der Waals surface area contributed by atoms with Crippen LogP contribution in [0.5, 0.6) is 0 Å². The van der Waals surface area contributed by atoms with Crippen LogP contribution >= 0.6 is 0 Å². The molecule has 1 amide bonds. The fourth-order valence-corrected chi connectivity index (χ4v) is 3.37. The minimum atomic E-state index is -0.172. The Balaban J connectivity index is 1.71. The number of amides is 1. The highest BCUT2D eigenvalue weighted by atomic mass is 16.1. The number of nitrogens with one attached hydrogen (secondary N) is 1. The number of anilines is 2. The zero-order valence-corrected chi connectivity index (χ0v) is 15.5. The van der Waals surface area contributed by atoms with E-state index >= 15 is 0 Å². The van der Waals surface area contributed by atoms with Gasteiger partial charge in [0.25, 0.3) is 5.91 Å². The lowest BCUT2D eigenvalue weighted by atomic mass is 10.00. The number of carbonyl (C=O) groups excluding carboxylic acids is 1. The van der Waals surface area contributed by atoms with Gasteiger partial charge in [-0.3, -0.25) is 4.79 Å². The molecule has 1 aromatic heterocycles. The maximum Gasteiger partial charge on any atom is 0.258 e. The van der Waals surface area contributed by atoms with Crippen LogP contribution in [0.4, 0.5) is 11.6 Å². The van der Waals surface area contributed by atoms with Crippen LogP contribution in [0.25, 0.3) is 0 Å². The van der Waals surface area contributed by atoms with Gasteiger partial charge in [0.15, 0.2) is 0 Å². The second-order valence-corrected chi connectivity index (χ2v) is 7.17. The molecule has 0 saturated carbocycles. The van der Waals surface area contributed by atoms with Crippen molar-refractivity contribution in [2.24, 2.45) is 5.92 Å². The molecule has 0 atom stereocenters. The smallest absolute Gasteiger partial charge is 0.258 e. The quantitative estimate of drug-likeness (QED) is 0.922. The summed E-state index contributed by atoms with van der Waals surface area (Å²) in [7, 11) is 0. The Morgan fingerprint density at radius 1 is 1.08 bits per heavy atom. The van der Waals surface area contributed by atoms with Crippen molar-refractivity contribution in [3.05, 3.63) is 46.8 Å². The number of nitrogens with zero attached hydrogens (tertiary/aromatic N) is 3. The van der Waals surface area contributed by atoms with Crippen LogP contribution < -0.4 is 10.2 Å². The first-order valence-electron chi connectivity index (χ1n) is 8.90. The fraction of sp³-hybridized carbons (Fsp3) is 0.450. The maximum atomic E-state index is 12.5. The van der Waals surface area contributed by atoms with E-state index in [9.17, 15) is 4.79 Å². The summed E-state index contributed by atoms with van der Waals surface area (Å²) in [4.78, 5) is 23.5. The second kappa shape index (κ2) is 7.21. The van der Waals surface area contributed by atoms with Gasteiger partial charge >= 0.3 is 0 Å². The SMILES string of the molecule is Cc1cc(C)c(NC(=O)c2cnc(N3CCC(C)CC3)nc2)c(C)c1. The molecule has 5 nitrogen and oxygen atoms in total. The molecular weight excluding hydrogens is 312 g/mol. The Labute approximate surface area is 149 Å². The number of piperidine rings is 1. The van der Waals surface area contributed by atoms with Crippen molar-refractivity contribution in [2.75, 3.05) is 23.3 Å². The van der Waals surface area contributed by atoms with Crippen molar-refractivity contribution in [2.45, 2.75) is 40.5 Å². The molecule has 2 heterocycles. The standard InChI is InChI=1S/C20H26N4O/c1-13-5-7-24(8-6-13)20-21-11-17(12-22-20)19(25)23-18-15(3)9-14(2)10-16(18)4/h9-13H,5-8H2,1-4H3,(H,23,25). The van der Waals surface area contributed by atoms with Crippen molar-refractivity contribution >= 4 is 17.5 Å². The van der Waals surface area contributed by atoms with Gasteiger partial charge in [0.2, 0.25) is 5.95 Å². The number of benzene rings is 1. The fourth-order valence-electron chi connectivity index (χ4n) is 3.37. The van der Waals surface area contributed by atoms with E-state index in [1.807, 2.05) is 13.8 Å². The van der Waals surface area contributed by atoms with E-state index in [4.69, 9.17) is 0 Å². The van der Waals surface area contributed by atoms with Gasteiger partial charge in [0.1, 0.15) is 0 Å². The van der Waals surface area contributed by atoms with Gasteiger partial charge in [0, 0.05) is 31.2 Å². The molecule has 1 aromatic carbocycles. The van der Waals surface area contributed by atoms with Crippen LogP contribution in [0.2, 0.25) is 0 Å². The summed E-state index contributed by atoms with van der Waals surface area (Å²) in [5.41, 5.74) is 4.66. The lowest BCUT2D eigenvalue weighted by Gasteiger charge is -2.30. The van der Waals surface area contributed by atoms with Crippen LogP contribution in [-0.2, 0) is 0 Å². The average Bonchev–Trinajstić information content (AvgIpc) is 2.59. The van der Waals surface area contributed by atoms with Gasteiger partial charge in [-0.1, -0.05) is 24.6 Å². The van der Waals surface area contributed by atoms with Crippen LogP contribution in [0.15, 0.2) is 24.5 Å². The molecule has 1 aliphatic heterocycles. The third-order valence-corrected chi connectivity index (χ3v) is 4.88. The largest absolute Gasteiger partial charge is 0.341 e. The van der Waals surface area contributed by atoms with E-state index in [0.29, 0.717) is 11.5 Å². The van der Waals surface area contributed by atoms with E-state index < -0.39 is 0 Å². The first-order valence-corrected chi connectivity index (χ1v) is 8.90. The van der Waals surface area contributed by atoms with Gasteiger partial charge in [-0.15, -0.1) is 0 Å². The average molecular weight is 338 g/mol. The van der Waals surface area contributed by atoms with E-state index in [2.05, 4.69) is 46.2 Å². The molecule has 1 aliphatic rings. The number of carbonyl (C=O) groups is 1. The zero-order valence-electron chi connectivity index (χ0n) is 15.5. The van der Waals surface area contributed by atoms with Gasteiger partial charge < -0.3 is 10.2 Å². The Morgan fingerprint density at radius 3 is 2.20 bits per heavy atom. The summed E-state index contributed by atoms with van der Waals surface area (Å²) < 4.78 is 0. The first-order chi connectivity index (χ1) is 11.9. The summed E-state index contributed by atoms with van der Waals surface area (Å²) in [6.45, 7) is 10.3. The van der Waals surface area contributed by atoms with Gasteiger partial charge in [0.05, 0.1) is 5.56 Å². The molecule has 2 aromatic rings. The zero-order chi connectivity index (χ0) is 18.0. The third-order valence-electron chi connectivity index (χ3n) is 4.88. The molecule has 0 bridgehead atoms. The van der Waals surface area contributed by atoms with E-state index in [1.165, 1.54) is 5.56 Å². The summed E-state index contributed by atoms with van der Waals surface area (Å²) in [6.07, 6.45) is 5.57. The number of hydrogen-bond donors (Lipinski definition) is 1. The normalized spacial score (nSPS) is 15.3. The van der Waals surface area contributed by atoms with E-state index in [0.717, 1.165) is 48.7 Å². The summed E-state index contributed by atoms with van der Waals surface area (Å²) >= 11 is 0. The maximum absolute atomic E-state index is 12.5. The van der Waals surface area contributed by atoms with E-state index in [-0.39, 0.29) is 5.91 Å². The van der Waals surface area contributed by atoms with Crippen molar-refractivity contribution in [3.8, 4) is 0 Å². The monoisotopic (exact) mass is 338 g/mol. The molecule has 5 heteroatoms. The van der Waals surface area contributed by atoms with Crippen LogP contribution in [-0.4, -0.2) is 29.0 Å². The molecule has 0 radical (unpaired) electrons. The Morgan fingerprint density at radius 2 is 1.64 bits per heavy atom. The Hall–Kier alpha value is -2.43.